The zero-order valence-corrected chi connectivity index (χ0v) is 21.2. The van der Waals surface area contributed by atoms with E-state index < -0.39 is 50.9 Å². The Morgan fingerprint density at radius 1 is 1.08 bits per heavy atom. The Labute approximate surface area is 217 Å². The molecule has 4 aromatic rings. The van der Waals surface area contributed by atoms with Crippen LogP contribution >= 0.6 is 11.3 Å². The minimum Gasteiger partial charge on any atom is -0.302 e. The van der Waals surface area contributed by atoms with Gasteiger partial charge < -0.3 is 4.57 Å². The summed E-state index contributed by atoms with van der Waals surface area (Å²) in [5.41, 5.74) is -3.45. The number of hydrogen-bond acceptors (Lipinski definition) is 6. The van der Waals surface area contributed by atoms with Crippen LogP contribution in [0.2, 0.25) is 0 Å². The van der Waals surface area contributed by atoms with Crippen molar-refractivity contribution in [3.8, 4) is 27.1 Å². The number of pyridine rings is 2. The largest absolute Gasteiger partial charge is 0.417 e. The smallest absolute Gasteiger partial charge is 0.302 e. The Bertz CT molecular complexity index is 1790. The molecule has 0 saturated carbocycles. The molecule has 0 aliphatic carbocycles. The first-order chi connectivity index (χ1) is 17.7. The lowest BCUT2D eigenvalue weighted by atomic mass is 10.1. The molecule has 0 bridgehead atoms. The zero-order valence-electron chi connectivity index (χ0n) is 19.6. The van der Waals surface area contributed by atoms with Crippen LogP contribution in [0, 0.1) is 29.9 Å². The number of alkyl halides is 3. The first-order valence-corrected chi connectivity index (χ1v) is 13.4. The summed E-state index contributed by atoms with van der Waals surface area (Å²) in [6, 6.07) is 9.06. The molecular formula is C25H16F5N3O3S2. The van der Waals surface area contributed by atoms with Crippen molar-refractivity contribution in [1.82, 2.24) is 9.55 Å². The fraction of sp³-hybridized carbons (Fsp3) is 0.160. The number of hydrogen-bond donors (Lipinski definition) is 0. The number of halogens is 5. The van der Waals surface area contributed by atoms with Crippen molar-refractivity contribution in [2.24, 2.45) is 0 Å². The number of nitrogens with zero attached hydrogens (tertiary/aromatic N) is 3. The van der Waals surface area contributed by atoms with E-state index in [4.69, 9.17) is 0 Å². The second-order valence-corrected chi connectivity index (χ2v) is 11.4. The Hall–Kier alpha value is -3.89. The van der Waals surface area contributed by atoms with Crippen molar-refractivity contribution in [2.45, 2.75) is 24.7 Å². The van der Waals surface area contributed by atoms with Crippen LogP contribution in [-0.2, 0) is 22.6 Å². The maximum atomic E-state index is 14.4. The molecule has 0 N–H and O–H groups in total. The highest BCUT2D eigenvalue weighted by Crippen LogP contribution is 2.38. The first-order valence-electron chi connectivity index (χ1n) is 10.7. The number of benzene rings is 1. The van der Waals surface area contributed by atoms with E-state index in [1.165, 1.54) is 18.3 Å². The maximum Gasteiger partial charge on any atom is 0.417 e. The van der Waals surface area contributed by atoms with Crippen molar-refractivity contribution >= 4 is 21.2 Å². The van der Waals surface area contributed by atoms with Crippen molar-refractivity contribution in [3.63, 3.8) is 0 Å². The Kier molecular flexibility index (Phi) is 6.98. The van der Waals surface area contributed by atoms with E-state index in [1.807, 2.05) is 0 Å². The SMILES string of the molecule is Cc1cc(-c2ccc(-c3cc(C(F)(F)F)c(C#N)c(=O)n3Cc3ccc(F)cc3F)s2)cnc1S(C)(=O)=O. The molecule has 0 unspecified atom stereocenters. The third-order valence-corrected chi connectivity index (χ3v) is 7.87. The lowest BCUT2D eigenvalue weighted by molar-refractivity contribution is -0.137. The highest BCUT2D eigenvalue weighted by Gasteiger charge is 2.37. The van der Waals surface area contributed by atoms with Gasteiger partial charge >= 0.3 is 6.18 Å². The van der Waals surface area contributed by atoms with E-state index in [0.29, 0.717) is 28.1 Å². The number of sulfone groups is 1. The second-order valence-electron chi connectivity index (χ2n) is 8.34. The summed E-state index contributed by atoms with van der Waals surface area (Å²) in [5.74, 6) is -1.89. The van der Waals surface area contributed by atoms with Gasteiger partial charge in [-0.05, 0) is 42.8 Å². The Morgan fingerprint density at radius 2 is 1.76 bits per heavy atom. The molecule has 0 atom stereocenters. The summed E-state index contributed by atoms with van der Waals surface area (Å²) in [7, 11) is -3.57. The molecule has 6 nitrogen and oxygen atoms in total. The van der Waals surface area contributed by atoms with E-state index in [0.717, 1.165) is 34.3 Å². The fourth-order valence-corrected chi connectivity index (χ4v) is 5.78. The highest BCUT2D eigenvalue weighted by molar-refractivity contribution is 7.90. The molecule has 4 rings (SSSR count). The molecule has 38 heavy (non-hydrogen) atoms. The van der Waals surface area contributed by atoms with E-state index in [1.54, 1.807) is 19.1 Å². The van der Waals surface area contributed by atoms with Crippen LogP contribution in [0.5, 0.6) is 0 Å². The van der Waals surface area contributed by atoms with Crippen LogP contribution in [0.3, 0.4) is 0 Å². The van der Waals surface area contributed by atoms with Crippen LogP contribution in [0.15, 0.2) is 58.5 Å². The Morgan fingerprint density at radius 3 is 2.34 bits per heavy atom. The monoisotopic (exact) mass is 565 g/mol. The number of aromatic nitrogens is 2. The molecule has 1 aromatic carbocycles. The summed E-state index contributed by atoms with van der Waals surface area (Å²) in [6.45, 7) is 0.983. The molecule has 196 valence electrons. The van der Waals surface area contributed by atoms with E-state index in [2.05, 4.69) is 4.98 Å². The lowest BCUT2D eigenvalue weighted by Gasteiger charge is -2.17. The summed E-state index contributed by atoms with van der Waals surface area (Å²) in [5, 5.41) is 9.21. The van der Waals surface area contributed by atoms with Crippen molar-refractivity contribution < 1.29 is 30.4 Å². The van der Waals surface area contributed by atoms with Gasteiger partial charge in [-0.2, -0.15) is 18.4 Å². The van der Waals surface area contributed by atoms with Crippen LogP contribution in [-0.4, -0.2) is 24.2 Å². The molecule has 0 aliphatic rings. The summed E-state index contributed by atoms with van der Waals surface area (Å²) >= 11 is 0.981. The van der Waals surface area contributed by atoms with E-state index >= 15 is 0 Å². The number of thiophene rings is 1. The molecule has 13 heteroatoms. The van der Waals surface area contributed by atoms with Gasteiger partial charge in [-0.25, -0.2) is 22.2 Å². The Balaban J connectivity index is 1.91. The predicted octanol–water partition coefficient (Wildman–Crippen LogP) is 5.57. The molecule has 3 heterocycles. The van der Waals surface area contributed by atoms with E-state index in [9.17, 15) is 40.4 Å². The van der Waals surface area contributed by atoms with Crippen LogP contribution in [0.1, 0.15) is 22.3 Å². The third kappa shape index (κ3) is 5.23. The molecule has 3 aromatic heterocycles. The third-order valence-electron chi connectivity index (χ3n) is 5.59. The average Bonchev–Trinajstić information content (AvgIpc) is 3.30. The van der Waals surface area contributed by atoms with Gasteiger partial charge in [0.1, 0.15) is 23.3 Å². The number of nitriles is 1. The van der Waals surface area contributed by atoms with Gasteiger partial charge in [0.05, 0.1) is 22.7 Å². The van der Waals surface area contributed by atoms with Gasteiger partial charge in [-0.1, -0.05) is 6.07 Å². The molecule has 0 aliphatic heterocycles. The molecule has 0 spiro atoms. The first kappa shape index (κ1) is 27.2. The number of aryl methyl sites for hydroxylation is 1. The van der Waals surface area contributed by atoms with Crippen LogP contribution in [0.4, 0.5) is 22.0 Å². The van der Waals surface area contributed by atoms with E-state index in [-0.39, 0.29) is 21.2 Å². The molecule has 0 fully saturated rings. The number of rotatable bonds is 5. The summed E-state index contributed by atoms with van der Waals surface area (Å²) < 4.78 is 93.6. The molecule has 0 saturated heterocycles. The van der Waals surface area contributed by atoms with Crippen LogP contribution in [0.25, 0.3) is 21.0 Å². The zero-order chi connectivity index (χ0) is 28.0. The van der Waals surface area contributed by atoms with Gasteiger partial charge in [0.2, 0.25) is 0 Å². The molecule has 0 radical (unpaired) electrons. The minimum atomic E-state index is -5.03. The van der Waals surface area contributed by atoms with Crippen molar-refractivity contribution in [1.29, 1.82) is 5.26 Å². The average molecular weight is 566 g/mol. The second kappa shape index (κ2) is 9.77. The van der Waals surface area contributed by atoms with Gasteiger partial charge in [0, 0.05) is 34.5 Å². The van der Waals surface area contributed by atoms with Crippen LogP contribution < -0.4 is 5.56 Å². The molecule has 0 amide bonds. The van der Waals surface area contributed by atoms with Gasteiger partial charge in [-0.15, -0.1) is 11.3 Å². The fourth-order valence-electron chi connectivity index (χ4n) is 3.88. The maximum absolute atomic E-state index is 14.4. The molecular weight excluding hydrogens is 549 g/mol. The van der Waals surface area contributed by atoms with Crippen molar-refractivity contribution in [3.05, 3.63) is 92.9 Å². The summed E-state index contributed by atoms with van der Waals surface area (Å²) in [4.78, 5) is 17.7. The normalized spacial score (nSPS) is 11.9. The quantitative estimate of drug-likeness (QED) is 0.295. The van der Waals surface area contributed by atoms with Gasteiger partial charge in [0.25, 0.3) is 5.56 Å². The highest BCUT2D eigenvalue weighted by atomic mass is 32.2. The summed E-state index contributed by atoms with van der Waals surface area (Å²) in [6.07, 6.45) is -2.71. The topological polar surface area (TPSA) is 92.8 Å². The van der Waals surface area contributed by atoms with Gasteiger partial charge in [0.15, 0.2) is 14.9 Å². The predicted molar refractivity (Wildman–Crippen MR) is 130 cm³/mol. The standard InChI is InChI=1S/C25H16F5N3O3S2/c1-13-7-15(11-32-23(13)38(2,35)36)21-5-6-22(37-21)20-9-18(25(28,29)30)17(10-31)24(34)33(20)12-14-3-4-16(26)8-19(14)27/h3-9,11H,12H2,1-2H3. The van der Waals surface area contributed by atoms with Crippen molar-refractivity contribution in [2.75, 3.05) is 6.26 Å². The lowest BCUT2D eigenvalue weighted by Crippen LogP contribution is -2.28. The minimum absolute atomic E-state index is 0.116. The van der Waals surface area contributed by atoms with Gasteiger partial charge in [-0.3, -0.25) is 4.79 Å².